The third-order valence-corrected chi connectivity index (χ3v) is 2.66. The van der Waals surface area contributed by atoms with Gasteiger partial charge < -0.3 is 11.1 Å². The van der Waals surface area contributed by atoms with E-state index in [4.69, 9.17) is 5.73 Å². The Labute approximate surface area is 123 Å². The zero-order chi connectivity index (χ0) is 16.3. The standard InChI is InChI=1S/C14H10F4N3O/c15-11-3-1-2-10(14(16,17)18)13(11)21-9-5-4-8(20-7-9)6-12(19)22/h1-7,21H,(H2,19,22). The molecule has 4 nitrogen and oxygen atoms in total. The molecule has 22 heavy (non-hydrogen) atoms. The van der Waals surface area contributed by atoms with Crippen LogP contribution in [0.25, 0.3) is 0 Å². The van der Waals surface area contributed by atoms with Crippen LogP contribution in [0.2, 0.25) is 0 Å². The lowest BCUT2D eigenvalue weighted by Gasteiger charge is -2.15. The molecular formula is C14H10F4N3O. The van der Waals surface area contributed by atoms with E-state index in [0.29, 0.717) is 0 Å². The Morgan fingerprint density at radius 3 is 2.50 bits per heavy atom. The number of alkyl halides is 3. The number of rotatable bonds is 4. The van der Waals surface area contributed by atoms with Gasteiger partial charge in [-0.15, -0.1) is 0 Å². The normalized spacial score (nSPS) is 11.3. The highest BCUT2D eigenvalue weighted by molar-refractivity contribution is 5.86. The summed E-state index contributed by atoms with van der Waals surface area (Å²) >= 11 is 0. The van der Waals surface area contributed by atoms with Crippen LogP contribution in [0.5, 0.6) is 0 Å². The Morgan fingerprint density at radius 2 is 1.95 bits per heavy atom. The second kappa shape index (κ2) is 6.00. The number of hydrogen-bond donors (Lipinski definition) is 2. The van der Waals surface area contributed by atoms with Crippen LogP contribution >= 0.6 is 0 Å². The van der Waals surface area contributed by atoms with Crippen molar-refractivity contribution in [3.05, 3.63) is 60.0 Å². The maximum atomic E-state index is 13.7. The predicted molar refractivity (Wildman–Crippen MR) is 71.5 cm³/mol. The van der Waals surface area contributed by atoms with E-state index < -0.39 is 29.2 Å². The first-order chi connectivity index (χ1) is 10.3. The highest BCUT2D eigenvalue weighted by atomic mass is 19.4. The lowest BCUT2D eigenvalue weighted by atomic mass is 10.1. The van der Waals surface area contributed by atoms with Gasteiger partial charge in [0.05, 0.1) is 35.2 Å². The largest absolute Gasteiger partial charge is 0.418 e. The van der Waals surface area contributed by atoms with Gasteiger partial charge in [-0.2, -0.15) is 13.2 Å². The third-order valence-electron chi connectivity index (χ3n) is 2.66. The average molecular weight is 312 g/mol. The van der Waals surface area contributed by atoms with Crippen molar-refractivity contribution in [3.8, 4) is 0 Å². The van der Waals surface area contributed by atoms with Gasteiger partial charge in [-0.05, 0) is 24.3 Å². The lowest BCUT2D eigenvalue weighted by molar-refractivity contribution is -0.137. The monoisotopic (exact) mass is 312 g/mol. The number of anilines is 2. The van der Waals surface area contributed by atoms with E-state index >= 15 is 0 Å². The number of primary amides is 1. The summed E-state index contributed by atoms with van der Waals surface area (Å²) in [6, 6.07) is 5.39. The molecule has 1 radical (unpaired) electrons. The first-order valence-corrected chi connectivity index (χ1v) is 6.00. The number of nitrogens with one attached hydrogen (secondary N) is 1. The molecule has 2 rings (SSSR count). The zero-order valence-corrected chi connectivity index (χ0v) is 11.0. The molecule has 0 atom stereocenters. The summed E-state index contributed by atoms with van der Waals surface area (Å²) in [5.41, 5.74) is 3.51. The first kappa shape index (κ1) is 15.7. The van der Waals surface area contributed by atoms with Gasteiger partial charge >= 0.3 is 6.18 Å². The Balaban J connectivity index is 2.29. The minimum absolute atomic E-state index is 0.136. The molecule has 3 N–H and O–H groups in total. The summed E-state index contributed by atoms with van der Waals surface area (Å²) in [7, 11) is 0. The quantitative estimate of drug-likeness (QED) is 0.853. The van der Waals surface area contributed by atoms with Crippen LogP contribution in [0, 0.1) is 12.2 Å². The van der Waals surface area contributed by atoms with Crippen LogP contribution in [0.3, 0.4) is 0 Å². The van der Waals surface area contributed by atoms with Crippen molar-refractivity contribution in [2.45, 2.75) is 6.18 Å². The maximum Gasteiger partial charge on any atom is 0.418 e. The molecule has 0 aliphatic heterocycles. The van der Waals surface area contributed by atoms with Crippen LogP contribution in [0.15, 0.2) is 36.5 Å². The van der Waals surface area contributed by atoms with Gasteiger partial charge in [0.1, 0.15) is 5.82 Å². The topological polar surface area (TPSA) is 68.0 Å². The number of carbonyl (C=O) groups excluding carboxylic acids is 1. The number of benzene rings is 1. The molecule has 1 aromatic carbocycles. The second-order valence-electron chi connectivity index (χ2n) is 4.30. The number of carbonyl (C=O) groups is 1. The molecule has 1 aromatic heterocycles. The third kappa shape index (κ3) is 3.72. The van der Waals surface area contributed by atoms with Crippen LogP contribution < -0.4 is 11.1 Å². The van der Waals surface area contributed by atoms with Crippen molar-refractivity contribution in [2.24, 2.45) is 5.73 Å². The minimum atomic E-state index is -4.70. The molecule has 0 fully saturated rings. The van der Waals surface area contributed by atoms with Crippen LogP contribution in [0.1, 0.15) is 11.3 Å². The minimum Gasteiger partial charge on any atom is -0.369 e. The molecule has 0 saturated carbocycles. The molecule has 0 bridgehead atoms. The lowest BCUT2D eigenvalue weighted by Crippen LogP contribution is -2.12. The van der Waals surface area contributed by atoms with E-state index in [1.807, 2.05) is 0 Å². The smallest absolute Gasteiger partial charge is 0.369 e. The number of amides is 1. The Bertz CT molecular complexity index is 683. The molecule has 0 saturated heterocycles. The number of pyridine rings is 1. The molecule has 0 aliphatic carbocycles. The van der Waals surface area contributed by atoms with Gasteiger partial charge in [-0.1, -0.05) is 6.07 Å². The number of halogens is 4. The van der Waals surface area contributed by atoms with Crippen molar-refractivity contribution in [1.82, 2.24) is 4.98 Å². The molecule has 1 amide bonds. The molecule has 1 heterocycles. The molecule has 115 valence electrons. The Kier molecular flexibility index (Phi) is 4.30. The summed E-state index contributed by atoms with van der Waals surface area (Å²) in [5, 5.41) is 2.34. The fourth-order valence-corrected chi connectivity index (χ4v) is 1.74. The SMILES string of the molecule is NC(=O)[CH]c1ccc(Nc2c(F)cccc2C(F)(F)F)cn1. The van der Waals surface area contributed by atoms with Crippen molar-refractivity contribution >= 4 is 17.3 Å². The van der Waals surface area contributed by atoms with Crippen molar-refractivity contribution in [1.29, 1.82) is 0 Å². The zero-order valence-electron chi connectivity index (χ0n) is 11.0. The van der Waals surface area contributed by atoms with Gasteiger partial charge in [-0.25, -0.2) is 4.39 Å². The van der Waals surface area contributed by atoms with Gasteiger partial charge in [0, 0.05) is 0 Å². The number of para-hydroxylation sites is 1. The first-order valence-electron chi connectivity index (χ1n) is 6.00. The fraction of sp³-hybridized carbons (Fsp3) is 0.0714. The van der Waals surface area contributed by atoms with E-state index in [9.17, 15) is 22.4 Å². The molecule has 0 aliphatic rings. The molecule has 0 unspecified atom stereocenters. The molecule has 2 aromatic rings. The van der Waals surface area contributed by atoms with E-state index in [1.54, 1.807) is 0 Å². The number of nitrogens with two attached hydrogens (primary N) is 1. The van der Waals surface area contributed by atoms with Gasteiger partial charge in [0.2, 0.25) is 5.91 Å². The van der Waals surface area contributed by atoms with E-state index in [1.165, 1.54) is 18.3 Å². The molecule has 0 spiro atoms. The molecule has 8 heteroatoms. The van der Waals surface area contributed by atoms with Crippen LogP contribution in [-0.2, 0) is 11.0 Å². The van der Waals surface area contributed by atoms with Crippen LogP contribution in [-0.4, -0.2) is 10.9 Å². The summed E-state index contributed by atoms with van der Waals surface area (Å²) in [6.45, 7) is 0. The van der Waals surface area contributed by atoms with Crippen molar-refractivity contribution in [2.75, 3.05) is 5.32 Å². The van der Waals surface area contributed by atoms with E-state index in [2.05, 4.69) is 10.3 Å². The van der Waals surface area contributed by atoms with Gasteiger partial charge in [0.15, 0.2) is 0 Å². The van der Waals surface area contributed by atoms with E-state index in [-0.39, 0.29) is 11.4 Å². The summed E-state index contributed by atoms with van der Waals surface area (Å²) < 4.78 is 52.2. The number of aromatic nitrogens is 1. The summed E-state index contributed by atoms with van der Waals surface area (Å²) in [4.78, 5) is 14.5. The summed E-state index contributed by atoms with van der Waals surface area (Å²) in [6.07, 6.45) is -2.48. The highest BCUT2D eigenvalue weighted by Gasteiger charge is 2.34. The average Bonchev–Trinajstić information content (AvgIpc) is 2.41. The Hall–Kier alpha value is -2.64. The van der Waals surface area contributed by atoms with Crippen molar-refractivity contribution in [3.63, 3.8) is 0 Å². The van der Waals surface area contributed by atoms with Crippen LogP contribution in [0.4, 0.5) is 28.9 Å². The van der Waals surface area contributed by atoms with Gasteiger partial charge in [-0.3, -0.25) is 9.78 Å². The number of nitrogens with zero attached hydrogens (tertiary/aromatic N) is 1. The van der Waals surface area contributed by atoms with E-state index in [0.717, 1.165) is 24.6 Å². The van der Waals surface area contributed by atoms with Crippen molar-refractivity contribution < 1.29 is 22.4 Å². The highest BCUT2D eigenvalue weighted by Crippen LogP contribution is 2.37. The molecular weight excluding hydrogens is 302 g/mol. The van der Waals surface area contributed by atoms with Gasteiger partial charge in [0.25, 0.3) is 0 Å². The maximum absolute atomic E-state index is 13.7. The fourth-order valence-electron chi connectivity index (χ4n) is 1.74. The predicted octanol–water partition coefficient (Wildman–Crippen LogP) is 3.02. The second-order valence-corrected chi connectivity index (χ2v) is 4.30. The Morgan fingerprint density at radius 1 is 1.23 bits per heavy atom. The summed E-state index contributed by atoms with van der Waals surface area (Å²) in [5.74, 6) is -1.75. The number of hydrogen-bond acceptors (Lipinski definition) is 3.